The molecule has 20 heavy (non-hydrogen) atoms. The molecule has 0 aromatic heterocycles. The van der Waals surface area contributed by atoms with Gasteiger partial charge in [-0.2, -0.15) is 0 Å². The number of carbonyl (C=O) groups is 1. The molecule has 1 N–H and O–H groups in total. The van der Waals surface area contributed by atoms with Crippen LogP contribution in [0.2, 0.25) is 0 Å². The molecule has 1 aromatic carbocycles. The lowest BCUT2D eigenvalue weighted by molar-refractivity contribution is -0.122. The number of sulfonamides is 1. The van der Waals surface area contributed by atoms with Crippen LogP contribution < -0.4 is 14.4 Å². The smallest absolute Gasteiger partial charge is 0.258 e. The highest BCUT2D eigenvalue weighted by Crippen LogP contribution is 2.19. The van der Waals surface area contributed by atoms with Gasteiger partial charge in [-0.25, -0.2) is 8.42 Å². The van der Waals surface area contributed by atoms with E-state index >= 15 is 0 Å². The first-order valence-corrected chi connectivity index (χ1v) is 7.74. The van der Waals surface area contributed by atoms with E-state index in [0.717, 1.165) is 10.6 Å². The van der Waals surface area contributed by atoms with Crippen LogP contribution in [0.5, 0.6) is 5.75 Å². The van der Waals surface area contributed by atoms with E-state index in [1.807, 2.05) is 0 Å². The minimum Gasteiger partial charge on any atom is -0.484 e. The van der Waals surface area contributed by atoms with Gasteiger partial charge in [0.05, 0.1) is 11.9 Å². The van der Waals surface area contributed by atoms with Crippen LogP contribution in [0.1, 0.15) is 0 Å². The number of benzene rings is 1. The Balaban J connectivity index is 2.59. The Morgan fingerprint density at radius 3 is 2.50 bits per heavy atom. The van der Waals surface area contributed by atoms with Gasteiger partial charge < -0.3 is 10.1 Å². The molecule has 0 heterocycles. The van der Waals surface area contributed by atoms with E-state index in [0.29, 0.717) is 18.0 Å². The van der Waals surface area contributed by atoms with Gasteiger partial charge in [-0.1, -0.05) is 6.08 Å². The normalized spacial score (nSPS) is 10.7. The number of amides is 1. The lowest BCUT2D eigenvalue weighted by atomic mass is 10.3. The average molecular weight is 298 g/mol. The van der Waals surface area contributed by atoms with Gasteiger partial charge in [-0.05, 0) is 24.3 Å². The summed E-state index contributed by atoms with van der Waals surface area (Å²) < 4.78 is 29.2. The molecular weight excluding hydrogens is 280 g/mol. The molecule has 0 bridgehead atoms. The first-order valence-electron chi connectivity index (χ1n) is 5.89. The molecule has 6 nitrogen and oxygen atoms in total. The first kappa shape index (κ1) is 16.0. The molecule has 0 radical (unpaired) electrons. The van der Waals surface area contributed by atoms with E-state index in [1.165, 1.54) is 7.05 Å². The molecule has 0 aliphatic rings. The van der Waals surface area contributed by atoms with Gasteiger partial charge in [0, 0.05) is 13.6 Å². The zero-order valence-electron chi connectivity index (χ0n) is 11.5. The number of hydrogen-bond acceptors (Lipinski definition) is 4. The summed E-state index contributed by atoms with van der Waals surface area (Å²) in [6.07, 6.45) is 2.70. The van der Waals surface area contributed by atoms with Crippen LogP contribution in [0.4, 0.5) is 5.69 Å². The topological polar surface area (TPSA) is 75.7 Å². The van der Waals surface area contributed by atoms with Crippen LogP contribution in [0.25, 0.3) is 0 Å². The maximum absolute atomic E-state index is 11.4. The Morgan fingerprint density at radius 1 is 1.40 bits per heavy atom. The van der Waals surface area contributed by atoms with Crippen LogP contribution in [-0.2, 0) is 14.8 Å². The van der Waals surface area contributed by atoms with E-state index in [-0.39, 0.29) is 12.5 Å². The molecule has 1 aromatic rings. The SMILES string of the molecule is C=CCNC(=O)COc1ccc(N(C)S(C)(=O)=O)cc1. The fraction of sp³-hybridized carbons (Fsp3) is 0.308. The van der Waals surface area contributed by atoms with Crippen molar-refractivity contribution in [3.63, 3.8) is 0 Å². The summed E-state index contributed by atoms with van der Waals surface area (Å²) >= 11 is 0. The fourth-order valence-electron chi connectivity index (χ4n) is 1.33. The monoisotopic (exact) mass is 298 g/mol. The number of nitrogens with one attached hydrogen (secondary N) is 1. The van der Waals surface area contributed by atoms with Crippen molar-refractivity contribution in [3.05, 3.63) is 36.9 Å². The second kappa shape index (κ2) is 6.95. The van der Waals surface area contributed by atoms with E-state index in [4.69, 9.17) is 4.74 Å². The van der Waals surface area contributed by atoms with E-state index in [1.54, 1.807) is 30.3 Å². The lowest BCUT2D eigenvalue weighted by Crippen LogP contribution is -2.28. The second-order valence-electron chi connectivity index (χ2n) is 4.11. The molecule has 0 saturated heterocycles. The predicted molar refractivity (Wildman–Crippen MR) is 78.4 cm³/mol. The maximum Gasteiger partial charge on any atom is 0.258 e. The van der Waals surface area contributed by atoms with Gasteiger partial charge in [0.1, 0.15) is 5.75 Å². The third-order valence-electron chi connectivity index (χ3n) is 2.51. The largest absolute Gasteiger partial charge is 0.484 e. The van der Waals surface area contributed by atoms with Crippen LogP contribution in [0, 0.1) is 0 Å². The van der Waals surface area contributed by atoms with Gasteiger partial charge in [0.15, 0.2) is 6.61 Å². The van der Waals surface area contributed by atoms with E-state index in [2.05, 4.69) is 11.9 Å². The minimum atomic E-state index is -3.29. The van der Waals surface area contributed by atoms with Crippen LogP contribution in [0.15, 0.2) is 36.9 Å². The van der Waals surface area contributed by atoms with Crippen molar-refractivity contribution in [1.29, 1.82) is 0 Å². The van der Waals surface area contributed by atoms with Crippen molar-refractivity contribution in [2.45, 2.75) is 0 Å². The third-order valence-corrected chi connectivity index (χ3v) is 3.72. The molecule has 0 aliphatic heterocycles. The van der Waals surface area contributed by atoms with Crippen molar-refractivity contribution in [1.82, 2.24) is 5.32 Å². The molecule has 0 unspecified atom stereocenters. The average Bonchev–Trinajstić information content (AvgIpc) is 2.41. The van der Waals surface area contributed by atoms with Gasteiger partial charge in [-0.15, -0.1) is 6.58 Å². The summed E-state index contributed by atoms with van der Waals surface area (Å²) in [6, 6.07) is 6.44. The molecule has 0 aliphatic carbocycles. The number of rotatable bonds is 7. The molecule has 1 amide bonds. The summed E-state index contributed by atoms with van der Waals surface area (Å²) in [5.41, 5.74) is 0.524. The van der Waals surface area contributed by atoms with Gasteiger partial charge in [0.2, 0.25) is 10.0 Å². The molecule has 7 heteroatoms. The molecule has 0 saturated carbocycles. The van der Waals surface area contributed by atoms with Crippen LogP contribution in [-0.4, -0.2) is 40.8 Å². The number of nitrogens with zero attached hydrogens (tertiary/aromatic N) is 1. The second-order valence-corrected chi connectivity index (χ2v) is 6.12. The molecule has 110 valence electrons. The highest BCUT2D eigenvalue weighted by molar-refractivity contribution is 7.92. The summed E-state index contributed by atoms with van der Waals surface area (Å²) in [5.74, 6) is 0.242. The fourth-order valence-corrected chi connectivity index (χ4v) is 1.83. The Hall–Kier alpha value is -2.02. The highest BCUT2D eigenvalue weighted by Gasteiger charge is 2.11. The summed E-state index contributed by atoms with van der Waals surface area (Å²) in [7, 11) is -1.82. The quantitative estimate of drug-likeness (QED) is 0.754. The van der Waals surface area contributed by atoms with Gasteiger partial charge in [0.25, 0.3) is 5.91 Å². The standard InChI is InChI=1S/C13H18N2O4S/c1-4-9-14-13(16)10-19-12-7-5-11(6-8-12)15(2)20(3,17)18/h4-8H,1,9-10H2,2-3H3,(H,14,16). The van der Waals surface area contributed by atoms with Crippen molar-refractivity contribution in [2.24, 2.45) is 0 Å². The number of carbonyl (C=O) groups excluding carboxylic acids is 1. The summed E-state index contributed by atoms with van der Waals surface area (Å²) in [6.45, 7) is 3.77. The number of ether oxygens (including phenoxy) is 1. The Labute approximate surface area is 119 Å². The van der Waals surface area contributed by atoms with E-state index in [9.17, 15) is 13.2 Å². The molecule has 0 fully saturated rings. The Kier molecular flexibility index (Phi) is 5.57. The molecule has 0 spiro atoms. The molecular formula is C13H18N2O4S. The van der Waals surface area contributed by atoms with Crippen LogP contribution in [0.3, 0.4) is 0 Å². The highest BCUT2D eigenvalue weighted by atomic mass is 32.2. The van der Waals surface area contributed by atoms with Crippen LogP contribution >= 0.6 is 0 Å². The lowest BCUT2D eigenvalue weighted by Gasteiger charge is -2.16. The van der Waals surface area contributed by atoms with Gasteiger partial charge in [-0.3, -0.25) is 9.10 Å². The first-order chi connectivity index (χ1) is 9.34. The Morgan fingerprint density at radius 2 is 2.00 bits per heavy atom. The number of hydrogen-bond donors (Lipinski definition) is 1. The Bertz CT molecular complexity index is 567. The van der Waals surface area contributed by atoms with E-state index < -0.39 is 10.0 Å². The summed E-state index contributed by atoms with van der Waals surface area (Å²) in [5, 5.41) is 2.58. The molecule has 1 rings (SSSR count). The number of anilines is 1. The van der Waals surface area contributed by atoms with Gasteiger partial charge >= 0.3 is 0 Å². The van der Waals surface area contributed by atoms with Crippen molar-refractivity contribution >= 4 is 21.6 Å². The zero-order valence-corrected chi connectivity index (χ0v) is 12.3. The van der Waals surface area contributed by atoms with Crippen molar-refractivity contribution in [3.8, 4) is 5.75 Å². The summed E-state index contributed by atoms with van der Waals surface area (Å²) in [4.78, 5) is 11.3. The molecule has 0 atom stereocenters. The van der Waals surface area contributed by atoms with Crippen molar-refractivity contribution in [2.75, 3.05) is 30.8 Å². The van der Waals surface area contributed by atoms with Crippen molar-refractivity contribution < 1.29 is 17.9 Å². The minimum absolute atomic E-state index is 0.102. The predicted octanol–water partition coefficient (Wildman–Crippen LogP) is 0.763. The third kappa shape index (κ3) is 4.93. The zero-order chi connectivity index (χ0) is 15.2. The maximum atomic E-state index is 11.4.